The summed E-state index contributed by atoms with van der Waals surface area (Å²) in [6.45, 7) is 3.88. The number of primary amides is 1. The molecule has 3 rings (SSSR count). The summed E-state index contributed by atoms with van der Waals surface area (Å²) in [5.41, 5.74) is 10.6. The summed E-state index contributed by atoms with van der Waals surface area (Å²) in [6, 6.07) is 14.0. The lowest BCUT2D eigenvalue weighted by atomic mass is 9.94. The number of nitrogens with two attached hydrogens (primary N) is 1. The maximum atomic E-state index is 11.3. The molecule has 2 N–H and O–H groups in total. The van der Waals surface area contributed by atoms with E-state index < -0.39 is 0 Å². The van der Waals surface area contributed by atoms with Crippen molar-refractivity contribution >= 4 is 5.91 Å². The second-order valence-corrected chi connectivity index (χ2v) is 5.61. The highest BCUT2D eigenvalue weighted by atomic mass is 16.3. The van der Waals surface area contributed by atoms with Gasteiger partial charge in [-0.05, 0) is 48.2 Å². The molecule has 116 valence electrons. The largest absolute Gasteiger partial charge is 0.445 e. The summed E-state index contributed by atoms with van der Waals surface area (Å²) in [6.07, 6.45) is 3.20. The number of nitrogens with zero attached hydrogens (tertiary/aromatic N) is 1. The fraction of sp³-hybridized carbons (Fsp3) is 0.158. The van der Waals surface area contributed by atoms with Crippen LogP contribution in [-0.2, 0) is 4.79 Å². The van der Waals surface area contributed by atoms with Crippen molar-refractivity contribution in [2.75, 3.05) is 0 Å². The predicted molar refractivity (Wildman–Crippen MR) is 89.7 cm³/mol. The van der Waals surface area contributed by atoms with E-state index in [1.165, 1.54) is 0 Å². The molecular weight excluding hydrogens is 288 g/mol. The number of hydrogen-bond donors (Lipinski definition) is 1. The maximum Gasteiger partial charge on any atom is 0.225 e. The molecule has 0 bridgehead atoms. The Morgan fingerprint density at radius 3 is 2.43 bits per heavy atom. The van der Waals surface area contributed by atoms with Crippen molar-refractivity contribution in [3.63, 3.8) is 0 Å². The van der Waals surface area contributed by atoms with Gasteiger partial charge in [-0.1, -0.05) is 30.3 Å². The van der Waals surface area contributed by atoms with Crippen LogP contribution >= 0.6 is 0 Å². The average Bonchev–Trinajstić information content (AvgIpc) is 3.09. The highest BCUT2D eigenvalue weighted by Crippen LogP contribution is 2.29. The second kappa shape index (κ2) is 6.08. The fourth-order valence-electron chi connectivity index (χ4n) is 2.55. The molecule has 1 amide bonds. The van der Waals surface area contributed by atoms with Crippen molar-refractivity contribution in [1.29, 1.82) is 0 Å². The Kier molecular flexibility index (Phi) is 3.98. The molecule has 3 aromatic rings. The molecule has 0 aliphatic carbocycles. The quantitative estimate of drug-likeness (QED) is 0.794. The standard InChI is InChI=1S/C19H18N2O2/c1-12-3-4-16(19-21-9-10-23-19)11-17(12)15-7-5-14(6-8-15)13(2)18(20)22/h3-11,13H,1-2H3,(H2,20,22). The molecule has 0 radical (unpaired) electrons. The van der Waals surface area contributed by atoms with Gasteiger partial charge in [0, 0.05) is 5.56 Å². The predicted octanol–water partition coefficient (Wildman–Crippen LogP) is 3.91. The van der Waals surface area contributed by atoms with Gasteiger partial charge in [-0.15, -0.1) is 0 Å². The third kappa shape index (κ3) is 3.01. The molecule has 1 heterocycles. The fourth-order valence-corrected chi connectivity index (χ4v) is 2.55. The van der Waals surface area contributed by atoms with E-state index in [1.807, 2.05) is 37.3 Å². The van der Waals surface area contributed by atoms with Crippen LogP contribution in [0, 0.1) is 6.92 Å². The van der Waals surface area contributed by atoms with Gasteiger partial charge < -0.3 is 10.2 Å². The Morgan fingerprint density at radius 2 is 1.83 bits per heavy atom. The molecule has 1 unspecified atom stereocenters. The first-order chi connectivity index (χ1) is 11.1. The Hall–Kier alpha value is -2.88. The summed E-state index contributed by atoms with van der Waals surface area (Å²) in [5.74, 6) is -0.00570. The average molecular weight is 306 g/mol. The first-order valence-electron chi connectivity index (χ1n) is 7.46. The van der Waals surface area contributed by atoms with E-state index >= 15 is 0 Å². The van der Waals surface area contributed by atoms with Crippen molar-refractivity contribution in [2.45, 2.75) is 19.8 Å². The van der Waals surface area contributed by atoms with E-state index in [2.05, 4.69) is 24.0 Å². The number of carbonyl (C=O) groups excluding carboxylic acids is 1. The van der Waals surface area contributed by atoms with Crippen LogP contribution < -0.4 is 5.73 Å². The first-order valence-corrected chi connectivity index (χ1v) is 7.46. The third-order valence-corrected chi connectivity index (χ3v) is 4.07. The normalized spacial score (nSPS) is 12.1. The van der Waals surface area contributed by atoms with Gasteiger partial charge in [0.1, 0.15) is 6.26 Å². The Balaban J connectivity index is 1.98. The summed E-state index contributed by atoms with van der Waals surface area (Å²) in [4.78, 5) is 15.5. The summed E-state index contributed by atoms with van der Waals surface area (Å²) < 4.78 is 5.36. The summed E-state index contributed by atoms with van der Waals surface area (Å²) >= 11 is 0. The van der Waals surface area contributed by atoms with E-state index in [9.17, 15) is 4.79 Å². The Bertz CT molecular complexity index is 821. The molecule has 0 saturated carbocycles. The van der Waals surface area contributed by atoms with Crippen LogP contribution in [0.15, 0.2) is 59.3 Å². The van der Waals surface area contributed by atoms with Crippen molar-refractivity contribution in [3.8, 4) is 22.6 Å². The molecule has 2 aromatic carbocycles. The van der Waals surface area contributed by atoms with E-state index in [4.69, 9.17) is 10.2 Å². The van der Waals surface area contributed by atoms with Crippen LogP contribution in [0.5, 0.6) is 0 Å². The van der Waals surface area contributed by atoms with Gasteiger partial charge in [0.15, 0.2) is 0 Å². The second-order valence-electron chi connectivity index (χ2n) is 5.61. The number of rotatable bonds is 4. The first kappa shape index (κ1) is 15.0. The highest BCUT2D eigenvalue weighted by molar-refractivity contribution is 5.82. The van der Waals surface area contributed by atoms with E-state index in [0.717, 1.165) is 27.8 Å². The molecule has 1 atom stereocenters. The SMILES string of the molecule is Cc1ccc(-c2ncco2)cc1-c1ccc(C(C)C(N)=O)cc1. The summed E-state index contributed by atoms with van der Waals surface area (Å²) in [5, 5.41) is 0. The lowest BCUT2D eigenvalue weighted by Gasteiger charge is -2.11. The van der Waals surface area contributed by atoms with E-state index in [0.29, 0.717) is 5.89 Å². The molecule has 4 heteroatoms. The van der Waals surface area contributed by atoms with Crippen molar-refractivity contribution < 1.29 is 9.21 Å². The van der Waals surface area contributed by atoms with Crippen molar-refractivity contribution in [1.82, 2.24) is 4.98 Å². The van der Waals surface area contributed by atoms with Crippen LogP contribution in [0.2, 0.25) is 0 Å². The molecule has 0 fully saturated rings. The Labute approximate surface area is 135 Å². The maximum absolute atomic E-state index is 11.3. The van der Waals surface area contributed by atoms with Gasteiger partial charge in [0.25, 0.3) is 0 Å². The van der Waals surface area contributed by atoms with Crippen molar-refractivity contribution in [2.24, 2.45) is 5.73 Å². The number of aromatic nitrogens is 1. The van der Waals surface area contributed by atoms with Gasteiger partial charge in [0.2, 0.25) is 11.8 Å². The van der Waals surface area contributed by atoms with Crippen LogP contribution in [0.3, 0.4) is 0 Å². The zero-order valence-corrected chi connectivity index (χ0v) is 13.1. The molecular formula is C19H18N2O2. The molecule has 1 aromatic heterocycles. The lowest BCUT2D eigenvalue weighted by Crippen LogP contribution is -2.18. The number of aryl methyl sites for hydroxylation is 1. The summed E-state index contributed by atoms with van der Waals surface area (Å²) in [7, 11) is 0. The Morgan fingerprint density at radius 1 is 1.13 bits per heavy atom. The van der Waals surface area contributed by atoms with Gasteiger partial charge >= 0.3 is 0 Å². The van der Waals surface area contributed by atoms with Crippen LogP contribution in [0.4, 0.5) is 0 Å². The molecule has 4 nitrogen and oxygen atoms in total. The van der Waals surface area contributed by atoms with Crippen LogP contribution in [0.1, 0.15) is 24.0 Å². The number of hydrogen-bond acceptors (Lipinski definition) is 3. The highest BCUT2D eigenvalue weighted by Gasteiger charge is 2.12. The third-order valence-electron chi connectivity index (χ3n) is 4.07. The van der Waals surface area contributed by atoms with Gasteiger partial charge in [-0.2, -0.15) is 0 Å². The zero-order chi connectivity index (χ0) is 16.4. The van der Waals surface area contributed by atoms with Crippen molar-refractivity contribution in [3.05, 3.63) is 66.1 Å². The molecule has 0 saturated heterocycles. The number of carbonyl (C=O) groups is 1. The minimum absolute atomic E-state index is 0.288. The van der Waals surface area contributed by atoms with Crippen LogP contribution in [0.25, 0.3) is 22.6 Å². The van der Waals surface area contributed by atoms with Crippen LogP contribution in [-0.4, -0.2) is 10.9 Å². The minimum Gasteiger partial charge on any atom is -0.445 e. The van der Waals surface area contributed by atoms with E-state index in [1.54, 1.807) is 12.5 Å². The smallest absolute Gasteiger partial charge is 0.225 e. The topological polar surface area (TPSA) is 69.1 Å². The molecule has 0 spiro atoms. The number of oxazole rings is 1. The van der Waals surface area contributed by atoms with Gasteiger partial charge in [0.05, 0.1) is 12.1 Å². The van der Waals surface area contributed by atoms with E-state index in [-0.39, 0.29) is 11.8 Å². The van der Waals surface area contributed by atoms with Gasteiger partial charge in [-0.3, -0.25) is 4.79 Å². The number of amides is 1. The monoisotopic (exact) mass is 306 g/mol. The lowest BCUT2D eigenvalue weighted by molar-refractivity contribution is -0.119. The van der Waals surface area contributed by atoms with Gasteiger partial charge in [-0.25, -0.2) is 4.98 Å². The number of benzene rings is 2. The molecule has 0 aliphatic heterocycles. The molecule has 0 aliphatic rings. The zero-order valence-electron chi connectivity index (χ0n) is 13.1. The minimum atomic E-state index is -0.320. The molecule has 23 heavy (non-hydrogen) atoms.